The molecule has 45 heavy (non-hydrogen) atoms. The van der Waals surface area contributed by atoms with Crippen molar-refractivity contribution in [2.45, 2.75) is 76.2 Å². The number of carbonyl (C=O) groups excluding carboxylic acids is 2. The molecule has 3 atom stereocenters. The summed E-state index contributed by atoms with van der Waals surface area (Å²) in [5.41, 5.74) is 0.170. The van der Waals surface area contributed by atoms with Crippen LogP contribution in [0.5, 0.6) is 0 Å². The predicted molar refractivity (Wildman–Crippen MR) is 172 cm³/mol. The number of pyridine rings is 1. The summed E-state index contributed by atoms with van der Waals surface area (Å²) in [4.78, 5) is 40.2. The second-order valence-electron chi connectivity index (χ2n) is 13.0. The van der Waals surface area contributed by atoms with Gasteiger partial charge in [0.2, 0.25) is 0 Å². The lowest BCUT2D eigenvalue weighted by Crippen LogP contribution is -2.57. The lowest BCUT2D eigenvalue weighted by molar-refractivity contribution is -0.0893. The van der Waals surface area contributed by atoms with Crippen LogP contribution in [-0.2, 0) is 9.47 Å². The summed E-state index contributed by atoms with van der Waals surface area (Å²) in [6.45, 7) is 7.32. The van der Waals surface area contributed by atoms with Crippen molar-refractivity contribution in [2.24, 2.45) is 0 Å². The number of imidazole rings is 1. The number of aliphatic hydroxyl groups is 1. The van der Waals surface area contributed by atoms with E-state index >= 15 is 0 Å². The maximum absolute atomic E-state index is 14.5. The summed E-state index contributed by atoms with van der Waals surface area (Å²) in [6, 6.07) is 14.8. The first-order valence-corrected chi connectivity index (χ1v) is 15.9. The van der Waals surface area contributed by atoms with E-state index in [2.05, 4.69) is 10.3 Å². The molecule has 242 valence electrons. The zero-order chi connectivity index (χ0) is 32.0. The number of ether oxygens (including phenoxy) is 2. The van der Waals surface area contributed by atoms with Crippen LogP contribution in [-0.4, -0.2) is 98.6 Å². The van der Waals surface area contributed by atoms with E-state index in [0.29, 0.717) is 50.4 Å². The first-order chi connectivity index (χ1) is 21.6. The summed E-state index contributed by atoms with van der Waals surface area (Å²) in [5.74, 6) is 0.543. The van der Waals surface area contributed by atoms with Gasteiger partial charge < -0.3 is 34.3 Å². The molecule has 0 radical (unpaired) electrons. The van der Waals surface area contributed by atoms with Crippen molar-refractivity contribution >= 4 is 17.8 Å². The van der Waals surface area contributed by atoms with Gasteiger partial charge in [0, 0.05) is 45.0 Å². The number of amides is 2. The maximum atomic E-state index is 14.5. The molecule has 1 aliphatic heterocycles. The molecular weight excluding hydrogens is 572 g/mol. The zero-order valence-corrected chi connectivity index (χ0v) is 26.8. The summed E-state index contributed by atoms with van der Waals surface area (Å²) in [5, 5.41) is 15.1. The minimum Gasteiger partial charge on any atom is -0.444 e. The van der Waals surface area contributed by atoms with Crippen LogP contribution in [0, 0.1) is 0 Å². The normalized spacial score (nSPS) is 22.2. The van der Waals surface area contributed by atoms with Crippen molar-refractivity contribution < 1.29 is 24.2 Å². The van der Waals surface area contributed by atoms with E-state index in [1.165, 1.54) is 0 Å². The number of hydrogen-bond donors (Lipinski definition) is 2. The summed E-state index contributed by atoms with van der Waals surface area (Å²) < 4.78 is 13.1. The van der Waals surface area contributed by atoms with Crippen molar-refractivity contribution in [3.63, 3.8) is 0 Å². The van der Waals surface area contributed by atoms with E-state index in [9.17, 15) is 14.7 Å². The summed E-state index contributed by atoms with van der Waals surface area (Å²) >= 11 is 0. The average molecular weight is 619 g/mol. The van der Waals surface area contributed by atoms with E-state index < -0.39 is 11.2 Å². The summed E-state index contributed by atoms with van der Waals surface area (Å²) in [7, 11) is 1.60. The van der Waals surface area contributed by atoms with Crippen molar-refractivity contribution in [1.82, 2.24) is 24.3 Å². The predicted octanol–water partition coefficient (Wildman–Crippen LogP) is 5.00. The SMILES string of the molecule is COC[C@]1(O)CCCC[C@H]1n1cnc(C(=O)N2CCN(C(=O)OC(C)(C)C)C[C@H]2CCNc2ccccn2)c1-c1ccccc1. The molecule has 1 aromatic carbocycles. The fraction of sp³-hybridized carbons (Fsp3) is 0.529. The Labute approximate surface area is 265 Å². The van der Waals surface area contributed by atoms with E-state index in [1.807, 2.05) is 78.8 Å². The molecule has 2 N–H and O–H groups in total. The van der Waals surface area contributed by atoms with Crippen LogP contribution in [0.3, 0.4) is 0 Å². The molecule has 2 aromatic heterocycles. The first-order valence-electron chi connectivity index (χ1n) is 15.9. The Hall–Kier alpha value is -3.96. The topological polar surface area (TPSA) is 122 Å². The highest BCUT2D eigenvalue weighted by molar-refractivity contribution is 5.98. The molecule has 0 bridgehead atoms. The van der Waals surface area contributed by atoms with E-state index in [4.69, 9.17) is 14.5 Å². The van der Waals surface area contributed by atoms with Crippen LogP contribution < -0.4 is 5.32 Å². The number of hydrogen-bond acceptors (Lipinski definition) is 8. The Kier molecular flexibility index (Phi) is 10.1. The van der Waals surface area contributed by atoms with Crippen molar-refractivity contribution in [2.75, 3.05) is 45.2 Å². The molecule has 11 nitrogen and oxygen atoms in total. The highest BCUT2D eigenvalue weighted by atomic mass is 16.6. The number of anilines is 1. The van der Waals surface area contributed by atoms with Gasteiger partial charge in [-0.1, -0.05) is 49.2 Å². The molecule has 1 saturated heterocycles. The van der Waals surface area contributed by atoms with E-state index in [-0.39, 0.29) is 30.7 Å². The van der Waals surface area contributed by atoms with Gasteiger partial charge in [-0.3, -0.25) is 4.79 Å². The molecule has 2 fully saturated rings. The Morgan fingerprint density at radius 3 is 2.56 bits per heavy atom. The lowest BCUT2D eigenvalue weighted by atomic mass is 9.80. The van der Waals surface area contributed by atoms with Crippen molar-refractivity contribution in [3.8, 4) is 11.3 Å². The number of piperazine rings is 1. The standard InChI is InChI=1S/C34H46N6O5/c1-33(2,3)45-32(42)38-20-21-39(26(22-38)16-19-36-28-15-9-11-18-35-28)31(41)29-30(25-12-6-5-7-13-25)40(24-37-29)27-14-8-10-17-34(27,43)23-44-4/h5-7,9,11-13,15,18,24,26-27,43H,8,10,14,16-17,19-23H2,1-4H3,(H,35,36)/t26-,27-,34-/m1/s1. The largest absolute Gasteiger partial charge is 0.444 e. The molecule has 0 unspecified atom stereocenters. The van der Waals surface area contributed by atoms with Gasteiger partial charge >= 0.3 is 6.09 Å². The van der Waals surface area contributed by atoms with Crippen LogP contribution in [0.2, 0.25) is 0 Å². The number of rotatable bonds is 9. The second-order valence-corrected chi connectivity index (χ2v) is 13.0. The van der Waals surface area contributed by atoms with Gasteiger partial charge in [0.15, 0.2) is 5.69 Å². The molecular formula is C34H46N6O5. The zero-order valence-electron chi connectivity index (χ0n) is 26.8. The quantitative estimate of drug-likeness (QED) is 0.344. The Morgan fingerprint density at radius 2 is 1.84 bits per heavy atom. The molecule has 11 heteroatoms. The highest BCUT2D eigenvalue weighted by Crippen LogP contribution is 2.41. The second kappa shape index (κ2) is 14.0. The minimum absolute atomic E-state index is 0.200. The smallest absolute Gasteiger partial charge is 0.410 e. The number of carbonyl (C=O) groups is 2. The number of nitrogens with one attached hydrogen (secondary N) is 1. The van der Waals surface area contributed by atoms with Gasteiger partial charge in [-0.25, -0.2) is 14.8 Å². The minimum atomic E-state index is -1.07. The molecule has 1 saturated carbocycles. The number of benzene rings is 1. The first kappa shape index (κ1) is 32.4. The average Bonchev–Trinajstić information content (AvgIpc) is 3.46. The van der Waals surface area contributed by atoms with Crippen LogP contribution in [0.1, 0.15) is 69.4 Å². The molecule has 5 rings (SSSR count). The van der Waals surface area contributed by atoms with Crippen molar-refractivity contribution in [3.05, 3.63) is 66.7 Å². The highest BCUT2D eigenvalue weighted by Gasteiger charge is 2.43. The molecule has 1 aliphatic carbocycles. The van der Waals surface area contributed by atoms with Gasteiger partial charge in [0.25, 0.3) is 5.91 Å². The third-order valence-corrected chi connectivity index (χ3v) is 8.57. The van der Waals surface area contributed by atoms with Crippen LogP contribution in [0.25, 0.3) is 11.3 Å². The van der Waals surface area contributed by atoms with Crippen LogP contribution in [0.15, 0.2) is 61.1 Å². The van der Waals surface area contributed by atoms with Gasteiger partial charge in [-0.2, -0.15) is 0 Å². The number of methoxy groups -OCH3 is 1. The van der Waals surface area contributed by atoms with Gasteiger partial charge in [0.1, 0.15) is 17.0 Å². The fourth-order valence-corrected chi connectivity index (χ4v) is 6.49. The molecule has 3 aromatic rings. The third kappa shape index (κ3) is 7.65. The van der Waals surface area contributed by atoms with E-state index in [1.54, 1.807) is 24.5 Å². The van der Waals surface area contributed by atoms with Gasteiger partial charge in [0.05, 0.1) is 30.7 Å². The monoisotopic (exact) mass is 618 g/mol. The fourth-order valence-electron chi connectivity index (χ4n) is 6.49. The number of aromatic nitrogens is 3. The van der Waals surface area contributed by atoms with Crippen molar-refractivity contribution in [1.29, 1.82) is 0 Å². The summed E-state index contributed by atoms with van der Waals surface area (Å²) in [6.07, 6.45) is 6.85. The lowest BCUT2D eigenvalue weighted by Gasteiger charge is -2.42. The molecule has 2 amide bonds. The van der Waals surface area contributed by atoms with Crippen LogP contribution >= 0.6 is 0 Å². The Bertz CT molecular complexity index is 1420. The number of nitrogens with zero attached hydrogens (tertiary/aromatic N) is 5. The maximum Gasteiger partial charge on any atom is 0.410 e. The Balaban J connectivity index is 1.46. The molecule has 0 spiro atoms. The van der Waals surface area contributed by atoms with E-state index in [0.717, 1.165) is 30.6 Å². The molecule has 3 heterocycles. The third-order valence-electron chi connectivity index (χ3n) is 8.57. The van der Waals surface area contributed by atoms with Crippen LogP contribution in [0.4, 0.5) is 10.6 Å². The Morgan fingerprint density at radius 1 is 1.07 bits per heavy atom. The molecule has 2 aliphatic rings. The van der Waals surface area contributed by atoms with Gasteiger partial charge in [-0.15, -0.1) is 0 Å². The van der Waals surface area contributed by atoms with Gasteiger partial charge in [-0.05, 0) is 52.2 Å².